The summed E-state index contributed by atoms with van der Waals surface area (Å²) >= 11 is 0. The zero-order valence-corrected chi connectivity index (χ0v) is 9.88. The van der Waals surface area contributed by atoms with Crippen molar-refractivity contribution in [3.05, 3.63) is 29.8 Å². The van der Waals surface area contributed by atoms with Gasteiger partial charge in [0.05, 0.1) is 12.6 Å². The summed E-state index contributed by atoms with van der Waals surface area (Å²) in [5.74, 6) is -0.415. The zero-order chi connectivity index (χ0) is 14.5. The molecule has 0 spiro atoms. The van der Waals surface area contributed by atoms with Gasteiger partial charge in [0.1, 0.15) is 5.75 Å². The van der Waals surface area contributed by atoms with Gasteiger partial charge in [-0.25, -0.2) is 0 Å². The number of hydrogen-bond acceptors (Lipinski definition) is 3. The van der Waals surface area contributed by atoms with Gasteiger partial charge in [0.2, 0.25) is 0 Å². The third-order valence-corrected chi connectivity index (χ3v) is 2.23. The van der Waals surface area contributed by atoms with E-state index in [1.807, 2.05) is 0 Å². The highest BCUT2D eigenvalue weighted by molar-refractivity contribution is 5.30. The molecular formula is C11H12F5NO2. The van der Waals surface area contributed by atoms with Crippen molar-refractivity contribution >= 4 is 0 Å². The molecule has 0 fully saturated rings. The highest BCUT2D eigenvalue weighted by Crippen LogP contribution is 2.25. The minimum absolute atomic E-state index is 0.352. The summed E-state index contributed by atoms with van der Waals surface area (Å²) in [5, 5.41) is 2.67. The van der Waals surface area contributed by atoms with Crippen molar-refractivity contribution in [2.24, 2.45) is 0 Å². The zero-order valence-electron chi connectivity index (χ0n) is 9.88. The van der Waals surface area contributed by atoms with E-state index in [-0.39, 0.29) is 6.61 Å². The average molecular weight is 285 g/mol. The van der Waals surface area contributed by atoms with Crippen molar-refractivity contribution in [1.29, 1.82) is 0 Å². The van der Waals surface area contributed by atoms with Crippen LogP contribution in [0.1, 0.15) is 11.6 Å². The second-order valence-corrected chi connectivity index (χ2v) is 3.56. The maximum absolute atomic E-state index is 12.0. The monoisotopic (exact) mass is 285 g/mol. The summed E-state index contributed by atoms with van der Waals surface area (Å²) in [4.78, 5) is 0. The van der Waals surface area contributed by atoms with Crippen molar-refractivity contribution in [2.45, 2.75) is 19.0 Å². The number of rotatable bonds is 6. The lowest BCUT2D eigenvalue weighted by Crippen LogP contribution is -2.23. The first-order valence-electron chi connectivity index (χ1n) is 5.24. The van der Waals surface area contributed by atoms with E-state index in [0.717, 1.165) is 12.1 Å². The number of likely N-dealkylation sites (N-methyl/N-ethyl adjacent to an activating group) is 1. The molecule has 1 atom stereocenters. The molecule has 1 N–H and O–H groups in total. The van der Waals surface area contributed by atoms with Crippen LogP contribution in [0.25, 0.3) is 0 Å². The summed E-state index contributed by atoms with van der Waals surface area (Å²) in [6.45, 7) is -3.31. The Labute approximate surface area is 106 Å². The minimum atomic E-state index is -4.80. The van der Waals surface area contributed by atoms with Crippen molar-refractivity contribution in [2.75, 3.05) is 13.7 Å². The van der Waals surface area contributed by atoms with Crippen molar-refractivity contribution < 1.29 is 31.4 Å². The Morgan fingerprint density at radius 3 is 2.47 bits per heavy atom. The molecule has 0 aromatic heterocycles. The first kappa shape index (κ1) is 15.6. The largest absolute Gasteiger partial charge is 0.573 e. The van der Waals surface area contributed by atoms with E-state index in [2.05, 4.69) is 14.8 Å². The van der Waals surface area contributed by atoms with E-state index in [1.165, 1.54) is 19.2 Å². The predicted molar refractivity (Wildman–Crippen MR) is 56.9 cm³/mol. The molecule has 0 aliphatic carbocycles. The Morgan fingerprint density at radius 2 is 1.95 bits per heavy atom. The first-order chi connectivity index (χ1) is 8.81. The molecule has 0 aliphatic rings. The van der Waals surface area contributed by atoms with E-state index in [4.69, 9.17) is 0 Å². The first-order valence-corrected chi connectivity index (χ1v) is 5.24. The summed E-state index contributed by atoms with van der Waals surface area (Å²) in [6.07, 6.45) is -4.80. The molecule has 0 saturated carbocycles. The van der Waals surface area contributed by atoms with Gasteiger partial charge in [-0.15, -0.1) is 13.2 Å². The Balaban J connectivity index is 2.78. The second-order valence-electron chi connectivity index (χ2n) is 3.56. The SMILES string of the molecule is CN[C@@H](COC(F)F)c1cccc(OC(F)(F)F)c1. The summed E-state index contributed by atoms with van der Waals surface area (Å²) in [5.41, 5.74) is 0.352. The number of nitrogens with one attached hydrogen (secondary N) is 1. The fraction of sp³-hybridized carbons (Fsp3) is 0.455. The molecule has 0 radical (unpaired) electrons. The van der Waals surface area contributed by atoms with Crippen LogP contribution in [0, 0.1) is 0 Å². The molecule has 3 nitrogen and oxygen atoms in total. The van der Waals surface area contributed by atoms with Crippen LogP contribution < -0.4 is 10.1 Å². The minimum Gasteiger partial charge on any atom is -0.406 e. The van der Waals surface area contributed by atoms with Crippen LogP contribution in [0.5, 0.6) is 5.75 Å². The van der Waals surface area contributed by atoms with Crippen LogP contribution in [-0.2, 0) is 4.74 Å². The third-order valence-electron chi connectivity index (χ3n) is 2.23. The fourth-order valence-corrected chi connectivity index (χ4v) is 1.44. The van der Waals surface area contributed by atoms with Gasteiger partial charge in [-0.05, 0) is 24.7 Å². The van der Waals surface area contributed by atoms with Crippen molar-refractivity contribution in [3.8, 4) is 5.75 Å². The summed E-state index contributed by atoms with van der Waals surface area (Å²) < 4.78 is 67.9. The van der Waals surface area contributed by atoms with E-state index in [0.29, 0.717) is 5.56 Å². The molecule has 0 heterocycles. The fourth-order valence-electron chi connectivity index (χ4n) is 1.44. The highest BCUT2D eigenvalue weighted by Gasteiger charge is 2.31. The number of halogens is 5. The summed E-state index contributed by atoms with van der Waals surface area (Å²) in [7, 11) is 1.48. The lowest BCUT2D eigenvalue weighted by Gasteiger charge is -2.17. The molecule has 1 rings (SSSR count). The standard InChI is InChI=1S/C11H12F5NO2/c1-17-9(6-18-10(12)13)7-3-2-4-8(5-7)19-11(14,15)16/h2-5,9-10,17H,6H2,1H3/t9-/m0/s1. The Kier molecular flexibility index (Phi) is 5.49. The van der Waals surface area contributed by atoms with Crippen LogP contribution in [0.2, 0.25) is 0 Å². The maximum Gasteiger partial charge on any atom is 0.573 e. The second kappa shape index (κ2) is 6.67. The van der Waals surface area contributed by atoms with Gasteiger partial charge in [0.15, 0.2) is 0 Å². The van der Waals surface area contributed by atoms with Crippen molar-refractivity contribution in [1.82, 2.24) is 5.32 Å². The van der Waals surface area contributed by atoms with Crippen LogP contribution >= 0.6 is 0 Å². The lowest BCUT2D eigenvalue weighted by molar-refractivity contribution is -0.274. The number of ether oxygens (including phenoxy) is 2. The molecule has 0 saturated heterocycles. The number of benzene rings is 1. The van der Waals surface area contributed by atoms with Gasteiger partial charge < -0.3 is 14.8 Å². The van der Waals surface area contributed by atoms with Gasteiger partial charge in [-0.2, -0.15) is 8.78 Å². The van der Waals surface area contributed by atoms with E-state index < -0.39 is 24.8 Å². The van der Waals surface area contributed by atoms with E-state index >= 15 is 0 Å². The van der Waals surface area contributed by atoms with Crippen LogP contribution in [0.3, 0.4) is 0 Å². The Hall–Kier alpha value is -1.41. The normalized spacial score (nSPS) is 13.6. The Morgan fingerprint density at radius 1 is 1.26 bits per heavy atom. The van der Waals surface area contributed by atoms with Gasteiger partial charge in [0, 0.05) is 0 Å². The molecule has 19 heavy (non-hydrogen) atoms. The number of hydrogen-bond donors (Lipinski definition) is 1. The molecular weight excluding hydrogens is 273 g/mol. The topological polar surface area (TPSA) is 30.5 Å². The Bertz CT molecular complexity index is 397. The van der Waals surface area contributed by atoms with Gasteiger partial charge in [-0.3, -0.25) is 0 Å². The van der Waals surface area contributed by atoms with Gasteiger partial charge in [0.25, 0.3) is 0 Å². The molecule has 8 heteroatoms. The molecule has 0 unspecified atom stereocenters. The molecule has 0 bridgehead atoms. The molecule has 108 valence electrons. The van der Waals surface area contributed by atoms with E-state index in [1.54, 1.807) is 0 Å². The average Bonchev–Trinajstić information content (AvgIpc) is 2.27. The third kappa shape index (κ3) is 5.84. The smallest absolute Gasteiger partial charge is 0.406 e. The lowest BCUT2D eigenvalue weighted by atomic mass is 10.1. The van der Waals surface area contributed by atoms with Crippen molar-refractivity contribution in [3.63, 3.8) is 0 Å². The molecule has 0 aliphatic heterocycles. The van der Waals surface area contributed by atoms with Crippen LogP contribution in [-0.4, -0.2) is 26.6 Å². The predicted octanol–water partition coefficient (Wildman–Crippen LogP) is 3.08. The molecule has 1 aromatic carbocycles. The molecule has 0 amide bonds. The summed E-state index contributed by atoms with van der Waals surface area (Å²) in [6, 6.07) is 4.40. The maximum atomic E-state index is 12.0. The van der Waals surface area contributed by atoms with Crippen LogP contribution in [0.4, 0.5) is 22.0 Å². The highest BCUT2D eigenvalue weighted by atomic mass is 19.4. The number of alkyl halides is 5. The molecule has 1 aromatic rings. The van der Waals surface area contributed by atoms with Gasteiger partial charge >= 0.3 is 13.0 Å². The quantitative estimate of drug-likeness (QED) is 0.815. The van der Waals surface area contributed by atoms with Crippen LogP contribution in [0.15, 0.2) is 24.3 Å². The van der Waals surface area contributed by atoms with Gasteiger partial charge in [-0.1, -0.05) is 12.1 Å². The van der Waals surface area contributed by atoms with E-state index in [9.17, 15) is 22.0 Å².